The Bertz CT molecular complexity index is 7190. The van der Waals surface area contributed by atoms with Crippen molar-refractivity contribution >= 4 is 121 Å². The maximum absolute atomic E-state index is 13.4. The first-order valence-electron chi connectivity index (χ1n) is 48.3. The molecule has 724 valence electrons. The lowest BCUT2D eigenvalue weighted by Gasteiger charge is -2.27. The summed E-state index contributed by atoms with van der Waals surface area (Å²) < 4.78 is 78.9. The Morgan fingerprint density at radius 3 is 0.650 bits per heavy atom. The normalized spacial score (nSPS) is 11.0. The molecular formula is C128H122F6N6S3. The van der Waals surface area contributed by atoms with Gasteiger partial charge in [-0.25, -0.2) is 0 Å². The fourth-order valence-electron chi connectivity index (χ4n) is 16.7. The van der Waals surface area contributed by atoms with E-state index in [1.165, 1.54) is 162 Å². The van der Waals surface area contributed by atoms with E-state index < -0.39 is 23.5 Å². The minimum atomic E-state index is -4.44. The molecule has 0 aliphatic heterocycles. The quantitative estimate of drug-likeness (QED) is 0.0547. The van der Waals surface area contributed by atoms with Crippen LogP contribution in [0.3, 0.4) is 0 Å². The standard InChI is InChI=1S/2C42H40N2S.C40H30F6N2S.2C2H6/c1-29-7-11-34(12-8-29)35-13-15-37(16-14-35)44(42-26-10-31(3)28-33(42)5)38-19-23-40(24-20-38)45-39-21-17-36(18-22-39)43(6)41-25-9-30(2)27-32(41)4;1-29-7-11-34(12-8-29)35-13-17-37(18-14-35)44(40-16-10-31(3)33(5)28-40)38-21-25-42(26-22-38)45-41-23-19-36(20-24-41)43(6)39-15-9-30(2)32(4)27-39;1-27-3-5-28(6-4-27)29-7-13-34(14-8-29)48(35-17-11-31(12-18-35)40(44,45)46)36-21-25-38(26-22-36)49-37-23-19-33(20-24-37)47(2)32-15-9-30(10-16-32)39(41,42)43;2*1-2/h2*7-28H,1-6H3;3-26H,1-2H3;2*1-2H3. The summed E-state index contributed by atoms with van der Waals surface area (Å²) in [5.41, 5.74) is 34.9. The summed E-state index contributed by atoms with van der Waals surface area (Å²) in [6.07, 6.45) is -8.82. The van der Waals surface area contributed by atoms with Crippen LogP contribution >= 0.6 is 35.3 Å². The number of anilines is 15. The molecule has 0 bridgehead atoms. The molecule has 18 aromatic carbocycles. The number of hydrogen-bond acceptors (Lipinski definition) is 9. The van der Waals surface area contributed by atoms with Gasteiger partial charge in [-0.3, -0.25) is 0 Å². The lowest BCUT2D eigenvalue weighted by atomic mass is 10.0. The van der Waals surface area contributed by atoms with Crippen molar-refractivity contribution in [3.63, 3.8) is 0 Å². The number of rotatable bonds is 24. The van der Waals surface area contributed by atoms with E-state index in [0.717, 1.165) is 96.2 Å². The van der Waals surface area contributed by atoms with E-state index in [0.29, 0.717) is 11.4 Å². The summed E-state index contributed by atoms with van der Waals surface area (Å²) in [6, 6.07) is 139. The van der Waals surface area contributed by atoms with Crippen molar-refractivity contribution in [3.8, 4) is 33.4 Å². The van der Waals surface area contributed by atoms with Crippen LogP contribution in [0.1, 0.15) is 100 Å². The van der Waals surface area contributed by atoms with Gasteiger partial charge in [-0.15, -0.1) is 0 Å². The van der Waals surface area contributed by atoms with Crippen molar-refractivity contribution in [1.29, 1.82) is 0 Å². The zero-order valence-electron chi connectivity index (χ0n) is 84.4. The second-order valence-electron chi connectivity index (χ2n) is 35.4. The molecule has 15 heteroatoms. The molecule has 0 heterocycles. The first-order valence-corrected chi connectivity index (χ1v) is 50.7. The minimum absolute atomic E-state index is 0.587. The summed E-state index contributed by atoms with van der Waals surface area (Å²) in [5.74, 6) is 0. The highest BCUT2D eigenvalue weighted by Gasteiger charge is 2.32. The Balaban J connectivity index is 0.000000167. The molecule has 0 unspecified atom stereocenters. The minimum Gasteiger partial charge on any atom is -0.345 e. The Kier molecular flexibility index (Phi) is 34.8. The molecule has 0 aliphatic carbocycles. The van der Waals surface area contributed by atoms with Gasteiger partial charge < -0.3 is 29.4 Å². The van der Waals surface area contributed by atoms with Crippen LogP contribution in [0.25, 0.3) is 33.4 Å². The molecule has 0 saturated heterocycles. The molecular weight excluding hydrogens is 1830 g/mol. The molecule has 0 aliphatic rings. The van der Waals surface area contributed by atoms with E-state index in [1.807, 2.05) is 129 Å². The second kappa shape index (κ2) is 47.8. The zero-order valence-corrected chi connectivity index (χ0v) is 86.9. The Morgan fingerprint density at radius 1 is 0.168 bits per heavy atom. The Morgan fingerprint density at radius 2 is 0.371 bits per heavy atom. The molecule has 0 amide bonds. The molecule has 0 atom stereocenters. The van der Waals surface area contributed by atoms with Crippen LogP contribution in [-0.2, 0) is 12.4 Å². The maximum atomic E-state index is 13.4. The van der Waals surface area contributed by atoms with E-state index in [2.05, 4.69) is 382 Å². The van der Waals surface area contributed by atoms with Crippen LogP contribution in [0.5, 0.6) is 0 Å². The lowest BCUT2D eigenvalue weighted by Crippen LogP contribution is -2.11. The van der Waals surface area contributed by atoms with Crippen LogP contribution in [-0.4, -0.2) is 21.1 Å². The average molecular weight is 1950 g/mol. The molecule has 0 radical (unpaired) electrons. The van der Waals surface area contributed by atoms with Gasteiger partial charge in [-0.1, -0.05) is 236 Å². The first kappa shape index (κ1) is 104. The third kappa shape index (κ3) is 26.8. The van der Waals surface area contributed by atoms with Gasteiger partial charge in [0.1, 0.15) is 0 Å². The summed E-state index contributed by atoms with van der Waals surface area (Å²) in [4.78, 5) is 19.7. The van der Waals surface area contributed by atoms with Crippen LogP contribution in [0, 0.1) is 76.2 Å². The fourth-order valence-corrected chi connectivity index (χ4v) is 19.2. The van der Waals surface area contributed by atoms with Gasteiger partial charge in [0.2, 0.25) is 0 Å². The van der Waals surface area contributed by atoms with Gasteiger partial charge in [0, 0.05) is 136 Å². The molecule has 18 aromatic rings. The first-order chi connectivity index (χ1) is 68.8. The van der Waals surface area contributed by atoms with Gasteiger partial charge in [0.15, 0.2) is 0 Å². The molecule has 0 fully saturated rings. The Hall–Kier alpha value is -14.6. The van der Waals surface area contributed by atoms with Crippen LogP contribution in [0.4, 0.5) is 112 Å². The number of benzene rings is 18. The van der Waals surface area contributed by atoms with Crippen molar-refractivity contribution in [2.45, 2.75) is 146 Å². The number of hydrogen-bond donors (Lipinski definition) is 0. The largest absolute Gasteiger partial charge is 0.416 e. The average Bonchev–Trinajstić information content (AvgIpc) is 0.805. The lowest BCUT2D eigenvalue weighted by molar-refractivity contribution is -0.138. The van der Waals surface area contributed by atoms with Gasteiger partial charge in [-0.05, 0) is 410 Å². The monoisotopic (exact) mass is 1950 g/mol. The molecule has 0 N–H and O–H groups in total. The van der Waals surface area contributed by atoms with Crippen molar-refractivity contribution < 1.29 is 26.3 Å². The highest BCUT2D eigenvalue weighted by molar-refractivity contribution is 7.99. The van der Waals surface area contributed by atoms with Crippen LogP contribution in [0.2, 0.25) is 0 Å². The topological polar surface area (TPSA) is 19.4 Å². The second-order valence-corrected chi connectivity index (χ2v) is 38.8. The fraction of sp³-hybridized carbons (Fsp3) is 0.156. The SMILES string of the molecule is CC.CC.Cc1ccc(-c2ccc(N(c3ccc(Sc4ccc(N(C)c5ccc(C(F)(F)F)cc5)cc4)cc3)c3ccc(C(F)(F)F)cc3)cc2)cc1.Cc1ccc(-c2ccc(N(c3ccc(Sc4ccc(N(C)c5ccc(C)c(C)c5)cc4)cc3)c3ccc(C)c(C)c3)cc2)cc1.Cc1ccc(-c2ccc(N(c3ccc(Sc4ccc(N(C)c5ccc(C)cc5C)cc4)cc3)c3ccc(C)cc3C)cc2)cc1. The number of nitrogens with zero attached hydrogens (tertiary/aromatic N) is 6. The molecule has 0 saturated carbocycles. The summed E-state index contributed by atoms with van der Waals surface area (Å²) in [6.45, 7) is 31.6. The predicted octanol–water partition coefficient (Wildman–Crippen LogP) is 39.7. The summed E-state index contributed by atoms with van der Waals surface area (Å²) >= 11 is 5.12. The van der Waals surface area contributed by atoms with E-state index in [9.17, 15) is 26.3 Å². The van der Waals surface area contributed by atoms with Gasteiger partial charge >= 0.3 is 12.4 Å². The van der Waals surface area contributed by atoms with Crippen molar-refractivity contribution in [2.75, 3.05) is 50.5 Å². The number of aryl methyl sites for hydroxylation is 11. The number of halogens is 6. The number of alkyl halides is 6. The molecule has 143 heavy (non-hydrogen) atoms. The van der Waals surface area contributed by atoms with Crippen molar-refractivity contribution in [2.24, 2.45) is 0 Å². The molecule has 6 nitrogen and oxygen atoms in total. The van der Waals surface area contributed by atoms with E-state index in [4.69, 9.17) is 0 Å². The molecule has 18 rings (SSSR count). The van der Waals surface area contributed by atoms with Crippen LogP contribution in [0.15, 0.2) is 442 Å². The van der Waals surface area contributed by atoms with Crippen molar-refractivity contribution in [3.05, 3.63) is 485 Å². The van der Waals surface area contributed by atoms with Gasteiger partial charge in [0.25, 0.3) is 0 Å². The summed E-state index contributed by atoms with van der Waals surface area (Å²) in [7, 11) is 6.06. The van der Waals surface area contributed by atoms with Crippen LogP contribution < -0.4 is 29.4 Å². The highest BCUT2D eigenvalue weighted by atomic mass is 32.2. The highest BCUT2D eigenvalue weighted by Crippen LogP contribution is 2.46. The maximum Gasteiger partial charge on any atom is 0.416 e. The van der Waals surface area contributed by atoms with E-state index in [-0.39, 0.29) is 0 Å². The molecule has 0 spiro atoms. The smallest absolute Gasteiger partial charge is 0.345 e. The third-order valence-corrected chi connectivity index (χ3v) is 28.2. The van der Waals surface area contributed by atoms with E-state index in [1.54, 1.807) is 30.6 Å². The van der Waals surface area contributed by atoms with E-state index >= 15 is 0 Å². The third-order valence-electron chi connectivity index (χ3n) is 25.2. The predicted molar refractivity (Wildman–Crippen MR) is 600 cm³/mol. The molecule has 0 aromatic heterocycles. The zero-order chi connectivity index (χ0) is 102. The van der Waals surface area contributed by atoms with Crippen molar-refractivity contribution in [1.82, 2.24) is 0 Å². The summed E-state index contributed by atoms with van der Waals surface area (Å²) in [5, 5.41) is 0. The Labute approximate surface area is 855 Å². The van der Waals surface area contributed by atoms with Gasteiger partial charge in [0.05, 0.1) is 11.1 Å². The van der Waals surface area contributed by atoms with Gasteiger partial charge in [-0.2, -0.15) is 26.3 Å².